The van der Waals surface area contributed by atoms with Crippen molar-refractivity contribution in [1.82, 2.24) is 4.57 Å². The minimum absolute atomic E-state index is 0.724. The summed E-state index contributed by atoms with van der Waals surface area (Å²) in [5.41, 5.74) is 8.25. The summed E-state index contributed by atoms with van der Waals surface area (Å²) in [5.74, 6) is 0. The van der Waals surface area contributed by atoms with E-state index in [9.17, 15) is 5.26 Å². The van der Waals surface area contributed by atoms with E-state index in [1.807, 2.05) is 41.7 Å². The third-order valence-corrected chi connectivity index (χ3v) is 9.98. The zero-order valence-electron chi connectivity index (χ0n) is 23.2. The zero-order chi connectivity index (χ0) is 28.5. The van der Waals surface area contributed by atoms with Crippen molar-refractivity contribution in [2.75, 3.05) is 0 Å². The first-order valence-corrected chi connectivity index (χ1v) is 15.3. The predicted molar refractivity (Wildman–Crippen MR) is 180 cm³/mol. The van der Waals surface area contributed by atoms with Gasteiger partial charge in [-0.25, -0.2) is 0 Å². The molecule has 4 heteroatoms. The Morgan fingerprint density at radius 2 is 1.44 bits per heavy atom. The first-order valence-electron chi connectivity index (χ1n) is 14.5. The van der Waals surface area contributed by atoms with Crippen LogP contribution in [0.2, 0.25) is 0 Å². The molecule has 0 saturated heterocycles. The zero-order valence-corrected chi connectivity index (χ0v) is 24.0. The van der Waals surface area contributed by atoms with Gasteiger partial charge in [0, 0.05) is 53.8 Å². The summed E-state index contributed by atoms with van der Waals surface area (Å²) in [7, 11) is 0. The van der Waals surface area contributed by atoms with Gasteiger partial charge < -0.3 is 8.98 Å². The van der Waals surface area contributed by atoms with Crippen LogP contribution in [0, 0.1) is 11.3 Å². The largest absolute Gasteiger partial charge is 0.456 e. The highest BCUT2D eigenvalue weighted by atomic mass is 32.1. The van der Waals surface area contributed by atoms with Crippen molar-refractivity contribution in [3.63, 3.8) is 0 Å². The lowest BCUT2D eigenvalue weighted by Gasteiger charge is -2.14. The minimum Gasteiger partial charge on any atom is -0.456 e. The van der Waals surface area contributed by atoms with Crippen molar-refractivity contribution < 1.29 is 4.42 Å². The van der Waals surface area contributed by atoms with Crippen LogP contribution < -0.4 is 0 Å². The van der Waals surface area contributed by atoms with E-state index in [1.54, 1.807) is 0 Å². The molecule has 202 valence electrons. The van der Waals surface area contributed by atoms with Crippen molar-refractivity contribution in [3.8, 4) is 17.2 Å². The number of rotatable bonds is 4. The summed E-state index contributed by atoms with van der Waals surface area (Å²) in [6.07, 6.45) is 0.732. The number of para-hydroxylation sites is 2. The van der Waals surface area contributed by atoms with Crippen LogP contribution in [-0.4, -0.2) is 4.57 Å². The van der Waals surface area contributed by atoms with E-state index >= 15 is 0 Å². The molecule has 3 nitrogen and oxygen atoms in total. The SMILES string of the molecule is N#Cc1cccc(-c2ccc3oc4ccccc4c3c2)c1CCn1c2ccccc2c2ccc3sc4ccccc4c3c21. The molecule has 3 heterocycles. The van der Waals surface area contributed by atoms with Gasteiger partial charge in [0.15, 0.2) is 0 Å². The molecular formula is C39H24N2OS. The number of nitrogens with zero attached hydrogens (tertiary/aromatic N) is 2. The molecule has 0 aliphatic carbocycles. The molecule has 9 aromatic rings. The van der Waals surface area contributed by atoms with Crippen molar-refractivity contribution in [2.24, 2.45) is 0 Å². The Labute approximate surface area is 251 Å². The molecule has 0 saturated carbocycles. The summed E-state index contributed by atoms with van der Waals surface area (Å²) < 4.78 is 11.2. The standard InChI is InChI=1S/C39H24N2OS/c40-23-25-8-7-12-26(24-16-18-35-32(22-24)29-10-2-5-14-34(29)42-35)27(25)20-21-41-33-13-4-1-9-28(33)30-17-19-37-38(39(30)41)31-11-3-6-15-36(31)43-37/h1-19,22H,20-21H2. The maximum Gasteiger partial charge on any atom is 0.135 e. The average Bonchev–Trinajstić information content (AvgIpc) is 3.72. The maximum atomic E-state index is 10.2. The molecule has 0 bridgehead atoms. The topological polar surface area (TPSA) is 41.9 Å². The van der Waals surface area contributed by atoms with Crippen LogP contribution in [0.15, 0.2) is 126 Å². The number of hydrogen-bond acceptors (Lipinski definition) is 3. The van der Waals surface area contributed by atoms with Crippen molar-refractivity contribution in [2.45, 2.75) is 13.0 Å². The number of aryl methyl sites for hydroxylation is 1. The number of aromatic nitrogens is 1. The summed E-state index contributed by atoms with van der Waals surface area (Å²) in [6.45, 7) is 0.760. The Kier molecular flexibility index (Phi) is 5.26. The summed E-state index contributed by atoms with van der Waals surface area (Å²) in [6, 6.07) is 45.1. The number of furan rings is 1. The van der Waals surface area contributed by atoms with Crippen LogP contribution in [0.25, 0.3) is 75.0 Å². The van der Waals surface area contributed by atoms with Gasteiger partial charge in [-0.1, -0.05) is 78.9 Å². The van der Waals surface area contributed by atoms with Gasteiger partial charge in [-0.15, -0.1) is 11.3 Å². The molecule has 0 atom stereocenters. The molecule has 6 aromatic carbocycles. The average molecular weight is 569 g/mol. The Morgan fingerprint density at radius 3 is 2.35 bits per heavy atom. The molecule has 0 N–H and O–H groups in total. The van der Waals surface area contributed by atoms with Crippen LogP contribution in [0.4, 0.5) is 0 Å². The van der Waals surface area contributed by atoms with Gasteiger partial charge in [0.25, 0.3) is 0 Å². The van der Waals surface area contributed by atoms with Crippen LogP contribution >= 0.6 is 11.3 Å². The van der Waals surface area contributed by atoms with Crippen LogP contribution in [0.5, 0.6) is 0 Å². The lowest BCUT2D eigenvalue weighted by Crippen LogP contribution is -2.04. The molecule has 0 aliphatic heterocycles. The van der Waals surface area contributed by atoms with Crippen molar-refractivity contribution in [3.05, 3.63) is 132 Å². The van der Waals surface area contributed by atoms with Gasteiger partial charge in [0.05, 0.1) is 17.1 Å². The first-order chi connectivity index (χ1) is 21.3. The van der Waals surface area contributed by atoms with E-state index in [0.29, 0.717) is 0 Å². The Bertz CT molecular complexity index is 2590. The molecule has 43 heavy (non-hydrogen) atoms. The Morgan fingerprint density at radius 1 is 0.651 bits per heavy atom. The van der Waals surface area contributed by atoms with E-state index in [2.05, 4.69) is 102 Å². The number of thiophene rings is 1. The van der Waals surface area contributed by atoms with E-state index in [0.717, 1.165) is 57.2 Å². The first kappa shape index (κ1) is 24.2. The fraction of sp³-hybridized carbons (Fsp3) is 0.0513. The second-order valence-corrected chi connectivity index (χ2v) is 12.2. The highest BCUT2D eigenvalue weighted by molar-refractivity contribution is 7.26. The molecule has 9 rings (SSSR count). The predicted octanol–water partition coefficient (Wildman–Crippen LogP) is 10.8. The van der Waals surface area contributed by atoms with E-state index < -0.39 is 0 Å². The van der Waals surface area contributed by atoms with Gasteiger partial charge in [0.1, 0.15) is 11.2 Å². The third kappa shape index (κ3) is 3.59. The summed E-state index contributed by atoms with van der Waals surface area (Å²) in [4.78, 5) is 0. The second kappa shape index (κ2) is 9.32. The number of benzene rings is 6. The maximum absolute atomic E-state index is 10.2. The Balaban J connectivity index is 1.23. The second-order valence-electron chi connectivity index (χ2n) is 11.1. The summed E-state index contributed by atoms with van der Waals surface area (Å²) in [5, 5.41) is 17.6. The minimum atomic E-state index is 0.724. The van der Waals surface area contributed by atoms with Crippen LogP contribution in [-0.2, 0) is 13.0 Å². The molecule has 0 fully saturated rings. The van der Waals surface area contributed by atoms with E-state index in [4.69, 9.17) is 4.42 Å². The van der Waals surface area contributed by atoms with E-state index in [1.165, 1.54) is 42.0 Å². The highest BCUT2D eigenvalue weighted by Gasteiger charge is 2.18. The van der Waals surface area contributed by atoms with Gasteiger partial charge in [0.2, 0.25) is 0 Å². The molecular weight excluding hydrogens is 545 g/mol. The van der Waals surface area contributed by atoms with Crippen LogP contribution in [0.3, 0.4) is 0 Å². The quantitative estimate of drug-likeness (QED) is 0.212. The fourth-order valence-corrected chi connectivity index (χ4v) is 8.04. The van der Waals surface area contributed by atoms with Gasteiger partial charge >= 0.3 is 0 Å². The highest BCUT2D eigenvalue weighted by Crippen LogP contribution is 2.42. The van der Waals surface area contributed by atoms with Crippen LogP contribution in [0.1, 0.15) is 11.1 Å². The lowest BCUT2D eigenvalue weighted by atomic mass is 9.93. The number of fused-ring (bicyclic) bond motifs is 10. The molecule has 3 aromatic heterocycles. The lowest BCUT2D eigenvalue weighted by molar-refractivity contribution is 0.669. The van der Waals surface area contributed by atoms with Gasteiger partial charge in [-0.3, -0.25) is 0 Å². The number of nitriles is 1. The monoisotopic (exact) mass is 568 g/mol. The van der Waals surface area contributed by atoms with E-state index in [-0.39, 0.29) is 0 Å². The molecule has 0 unspecified atom stereocenters. The van der Waals surface area contributed by atoms with Crippen molar-refractivity contribution >= 4 is 75.3 Å². The molecule has 0 amide bonds. The van der Waals surface area contributed by atoms with Gasteiger partial charge in [-0.2, -0.15) is 5.26 Å². The summed E-state index contributed by atoms with van der Waals surface area (Å²) >= 11 is 1.85. The molecule has 0 radical (unpaired) electrons. The fourth-order valence-electron chi connectivity index (χ4n) is 6.93. The molecule has 0 spiro atoms. The normalized spacial score (nSPS) is 11.9. The van der Waals surface area contributed by atoms with Gasteiger partial charge in [-0.05, 0) is 65.6 Å². The third-order valence-electron chi connectivity index (χ3n) is 8.84. The van der Waals surface area contributed by atoms with Crippen molar-refractivity contribution in [1.29, 1.82) is 5.26 Å². The number of hydrogen-bond donors (Lipinski definition) is 0. The smallest absolute Gasteiger partial charge is 0.135 e. The Hall–Kier alpha value is -5.37. The molecule has 0 aliphatic rings.